The summed E-state index contributed by atoms with van der Waals surface area (Å²) in [5.41, 5.74) is 0. The molecule has 0 aromatic heterocycles. The van der Waals surface area contributed by atoms with Gasteiger partial charge in [0.1, 0.15) is 0 Å². The normalized spacial score (nSPS) is 10.3. The van der Waals surface area contributed by atoms with Crippen LogP contribution in [0.25, 0.3) is 0 Å². The topological polar surface area (TPSA) is 91.7 Å². The first-order valence-corrected chi connectivity index (χ1v) is 9.49. The van der Waals surface area contributed by atoms with Gasteiger partial charge in [0.15, 0.2) is 0 Å². The van der Waals surface area contributed by atoms with E-state index < -0.39 is 22.5 Å². The van der Waals surface area contributed by atoms with Gasteiger partial charge in [-0.15, -0.1) is 0 Å². The van der Waals surface area contributed by atoms with Gasteiger partial charge in [0.05, 0.1) is 12.4 Å². The minimum atomic E-state index is -3.92. The summed E-state index contributed by atoms with van der Waals surface area (Å²) >= 11 is 0. The van der Waals surface area contributed by atoms with Crippen LogP contribution in [0.5, 0.6) is 0 Å². The van der Waals surface area contributed by atoms with Crippen LogP contribution in [-0.4, -0.2) is 36.7 Å². The fourth-order valence-corrected chi connectivity index (χ4v) is 2.03. The van der Waals surface area contributed by atoms with E-state index in [1.165, 1.54) is 57.8 Å². The molecule has 0 saturated carbocycles. The van der Waals surface area contributed by atoms with E-state index in [1.54, 1.807) is 0 Å². The molecule has 0 unspecified atom stereocenters. The molecular formula is C15H31NaO5S. The van der Waals surface area contributed by atoms with Gasteiger partial charge in [-0.05, 0) is 0 Å². The van der Waals surface area contributed by atoms with Gasteiger partial charge in [0.25, 0.3) is 10.1 Å². The monoisotopic (exact) mass is 346 g/mol. The molecule has 0 bridgehead atoms. The number of unbranched alkanes of at least 4 members (excludes halogenated alkanes) is 10. The molecule has 128 valence electrons. The Bertz CT molecular complexity index is 307. The molecule has 0 fully saturated rings. The third-order valence-electron chi connectivity index (χ3n) is 2.98. The second kappa shape index (κ2) is 21.5. The fourth-order valence-electron chi connectivity index (χ4n) is 1.80. The zero-order chi connectivity index (χ0) is 16.4. The third-order valence-corrected chi connectivity index (χ3v) is 3.68. The van der Waals surface area contributed by atoms with Crippen LogP contribution in [0.3, 0.4) is 0 Å². The molecule has 0 atom stereocenters. The minimum absolute atomic E-state index is 0. The smallest absolute Gasteiger partial charge is 0.542 e. The van der Waals surface area contributed by atoms with Crippen molar-refractivity contribution < 1.29 is 52.4 Å². The van der Waals surface area contributed by atoms with Gasteiger partial charge in [-0.3, -0.25) is 10.8 Å². The Morgan fingerprint density at radius 1 is 0.864 bits per heavy atom. The molecule has 0 spiro atoms. The first-order valence-electron chi connectivity index (χ1n) is 7.89. The molecule has 0 amide bonds. The molecule has 22 heavy (non-hydrogen) atoms. The quantitative estimate of drug-likeness (QED) is 0.216. The van der Waals surface area contributed by atoms with E-state index in [2.05, 4.69) is 6.92 Å². The van der Waals surface area contributed by atoms with Crippen LogP contribution in [-0.2, 0) is 14.9 Å². The molecule has 0 aromatic rings. The van der Waals surface area contributed by atoms with Gasteiger partial charge < -0.3 is 9.90 Å². The molecule has 0 aliphatic rings. The summed E-state index contributed by atoms with van der Waals surface area (Å²) in [6, 6.07) is 0. The van der Waals surface area contributed by atoms with Crippen LogP contribution in [0.2, 0.25) is 0 Å². The molecule has 2 N–H and O–H groups in total. The zero-order valence-electron chi connectivity index (χ0n) is 14.2. The average molecular weight is 346 g/mol. The Hall–Kier alpha value is 0.540. The van der Waals surface area contributed by atoms with Crippen molar-refractivity contribution in [3.05, 3.63) is 0 Å². The van der Waals surface area contributed by atoms with Gasteiger partial charge in [0, 0.05) is 0 Å². The number of aliphatic hydroxyl groups excluding tert-OH is 1. The maximum atomic E-state index is 9.92. The maximum absolute atomic E-state index is 9.92. The van der Waals surface area contributed by atoms with Crippen molar-refractivity contribution in [2.24, 2.45) is 0 Å². The van der Waals surface area contributed by atoms with Crippen molar-refractivity contribution in [1.82, 2.24) is 0 Å². The van der Waals surface area contributed by atoms with Gasteiger partial charge in [-0.2, -0.15) is 14.8 Å². The molecule has 0 rings (SSSR count). The summed E-state index contributed by atoms with van der Waals surface area (Å²) in [5, 5.41) is 7.86. The summed E-state index contributed by atoms with van der Waals surface area (Å²) in [7, 11) is -3.92. The average Bonchev–Trinajstić information content (AvgIpc) is 2.40. The van der Waals surface area contributed by atoms with Crippen LogP contribution >= 0.6 is 0 Å². The Balaban J connectivity index is -0.000000385. The summed E-state index contributed by atoms with van der Waals surface area (Å²) in [6.07, 6.45) is 15.8. The van der Waals surface area contributed by atoms with Crippen LogP contribution in [0, 0.1) is 0 Å². The summed E-state index contributed by atoms with van der Waals surface area (Å²) < 4.78 is 27.1. The number of hydrogen-bond acceptors (Lipinski definition) is 4. The van der Waals surface area contributed by atoms with Gasteiger partial charge >= 0.3 is 29.6 Å². The van der Waals surface area contributed by atoms with E-state index in [-0.39, 0.29) is 29.6 Å². The summed E-state index contributed by atoms with van der Waals surface area (Å²) in [6.45, 7) is 1.73. The predicted octanol–water partition coefficient (Wildman–Crippen LogP) is 0.278. The van der Waals surface area contributed by atoms with Crippen molar-refractivity contribution in [3.63, 3.8) is 0 Å². The molecule has 0 aliphatic carbocycles. The van der Waals surface area contributed by atoms with Crippen molar-refractivity contribution >= 4 is 16.4 Å². The van der Waals surface area contributed by atoms with Gasteiger partial charge in [-0.25, -0.2) is 0 Å². The van der Waals surface area contributed by atoms with Crippen LogP contribution < -0.4 is 29.6 Å². The van der Waals surface area contributed by atoms with E-state index >= 15 is 0 Å². The van der Waals surface area contributed by atoms with Gasteiger partial charge in [0.2, 0.25) is 0 Å². The van der Waals surface area contributed by atoms with Crippen LogP contribution in [0.15, 0.2) is 0 Å². The Kier molecular flexibility index (Phi) is 26.8. The Morgan fingerprint density at radius 3 is 1.55 bits per heavy atom. The Labute approximate surface area is 158 Å². The third kappa shape index (κ3) is 32.5. The van der Waals surface area contributed by atoms with Crippen molar-refractivity contribution in [2.45, 2.75) is 77.6 Å². The standard InChI is InChI=1S/C13H25O.C2H6O4S.Na/c1-2-3-4-5-6-7-8-9-10-11-12-13-14;3-1-2-7(4,5)6;/h2-12H2,1H3;3H,1-2H2,(H,4,5,6);/q-1;;+1. The molecule has 7 heteroatoms. The first-order chi connectivity index (χ1) is 9.97. The van der Waals surface area contributed by atoms with Gasteiger partial charge in [-0.1, -0.05) is 71.1 Å². The van der Waals surface area contributed by atoms with E-state index in [1.807, 2.05) is 6.29 Å². The number of rotatable bonds is 13. The number of aliphatic hydroxyl groups is 1. The molecule has 0 aromatic carbocycles. The van der Waals surface area contributed by atoms with E-state index in [0.717, 1.165) is 6.42 Å². The largest absolute Gasteiger partial charge is 1.00 e. The molecule has 0 heterocycles. The van der Waals surface area contributed by atoms with Crippen molar-refractivity contribution in [3.8, 4) is 0 Å². The second-order valence-corrected chi connectivity index (χ2v) is 6.66. The predicted molar refractivity (Wildman–Crippen MR) is 85.7 cm³/mol. The molecular weight excluding hydrogens is 315 g/mol. The SMILES string of the molecule is CCCCCCCCCCCC[C-]=O.O=S(=O)(O)CCO.[Na+]. The summed E-state index contributed by atoms with van der Waals surface area (Å²) in [5.74, 6) is -0.576. The van der Waals surface area contributed by atoms with E-state index in [0.29, 0.717) is 6.42 Å². The zero-order valence-corrected chi connectivity index (χ0v) is 17.0. The maximum Gasteiger partial charge on any atom is 1.00 e. The Morgan fingerprint density at radius 2 is 1.27 bits per heavy atom. The molecule has 0 radical (unpaired) electrons. The first kappa shape index (κ1) is 27.4. The number of carbonyl (C=O) groups excluding carboxylic acids is 1. The van der Waals surface area contributed by atoms with Crippen LogP contribution in [0.4, 0.5) is 0 Å². The molecule has 0 saturated heterocycles. The molecule has 5 nitrogen and oxygen atoms in total. The summed E-state index contributed by atoms with van der Waals surface area (Å²) in [4.78, 5) is 9.92. The minimum Gasteiger partial charge on any atom is -0.542 e. The van der Waals surface area contributed by atoms with Crippen LogP contribution in [0.1, 0.15) is 77.6 Å². The fraction of sp³-hybridized carbons (Fsp3) is 0.933. The van der Waals surface area contributed by atoms with E-state index in [4.69, 9.17) is 9.66 Å². The van der Waals surface area contributed by atoms with Crippen molar-refractivity contribution in [2.75, 3.05) is 12.4 Å². The second-order valence-electron chi connectivity index (χ2n) is 5.09. The number of hydrogen-bond donors (Lipinski definition) is 2. The molecule has 0 aliphatic heterocycles. The van der Waals surface area contributed by atoms with E-state index in [9.17, 15) is 13.2 Å². The van der Waals surface area contributed by atoms with Crippen molar-refractivity contribution in [1.29, 1.82) is 0 Å².